The van der Waals surface area contributed by atoms with Gasteiger partial charge in [-0.3, -0.25) is 15.0 Å². The molecule has 20 heavy (non-hydrogen) atoms. The molecule has 1 unspecified atom stereocenters. The van der Waals surface area contributed by atoms with Crippen LogP contribution in [0.15, 0.2) is 18.2 Å². The third-order valence-electron chi connectivity index (χ3n) is 3.21. The number of rotatable bonds is 5. The minimum atomic E-state index is -0.452. The van der Waals surface area contributed by atoms with Gasteiger partial charge in [-0.1, -0.05) is 17.7 Å². The number of hydrogen-bond donors (Lipinski definition) is 1. The molecule has 6 nitrogen and oxygen atoms in total. The lowest BCUT2D eigenvalue weighted by Gasteiger charge is -2.29. The monoisotopic (exact) mass is 299 g/mol. The average molecular weight is 300 g/mol. The maximum absolute atomic E-state index is 11.1. The van der Waals surface area contributed by atoms with E-state index in [1.807, 2.05) is 6.92 Å². The summed E-state index contributed by atoms with van der Waals surface area (Å²) in [7, 11) is 0. The quantitative estimate of drug-likeness (QED) is 0.668. The molecule has 0 bridgehead atoms. The number of nitrogens with one attached hydrogen (secondary N) is 1. The minimum absolute atomic E-state index is 0.0667. The molecule has 0 spiro atoms. The van der Waals surface area contributed by atoms with Crippen molar-refractivity contribution in [1.82, 2.24) is 4.90 Å². The van der Waals surface area contributed by atoms with Crippen LogP contribution in [0.2, 0.25) is 5.02 Å². The maximum Gasteiger partial charge on any atom is 0.310 e. The van der Waals surface area contributed by atoms with Crippen molar-refractivity contribution in [2.45, 2.75) is 13.0 Å². The molecule has 1 aromatic carbocycles. The second-order valence-electron chi connectivity index (χ2n) is 4.85. The molecule has 1 N–H and O–H groups in total. The number of ether oxygens (including phenoxy) is 1. The minimum Gasteiger partial charge on any atom is -0.379 e. The van der Waals surface area contributed by atoms with Gasteiger partial charge in [-0.05, 0) is 19.1 Å². The fourth-order valence-corrected chi connectivity index (χ4v) is 2.54. The summed E-state index contributed by atoms with van der Waals surface area (Å²) < 4.78 is 5.30. The van der Waals surface area contributed by atoms with Gasteiger partial charge in [0.15, 0.2) is 0 Å². The molecule has 2 rings (SSSR count). The van der Waals surface area contributed by atoms with E-state index in [1.165, 1.54) is 6.07 Å². The molecular formula is C13H18ClN3O3. The first-order chi connectivity index (χ1) is 9.58. The van der Waals surface area contributed by atoms with Crippen molar-refractivity contribution in [1.29, 1.82) is 0 Å². The molecule has 1 saturated heterocycles. The molecule has 7 heteroatoms. The number of halogens is 1. The first-order valence-electron chi connectivity index (χ1n) is 6.57. The molecule has 1 aromatic rings. The van der Waals surface area contributed by atoms with Crippen LogP contribution in [0.3, 0.4) is 0 Å². The van der Waals surface area contributed by atoms with Crippen LogP contribution in [0.25, 0.3) is 0 Å². The molecule has 1 atom stereocenters. The standard InChI is InChI=1S/C13H18ClN3O3/c1-10(9-16-5-7-20-8-6-16)15-12-4-2-3-11(14)13(12)17(18)19/h2-4,10,15H,5-9H2,1H3. The Morgan fingerprint density at radius 1 is 1.50 bits per heavy atom. The van der Waals surface area contributed by atoms with Crippen LogP contribution in [0.1, 0.15) is 6.92 Å². The van der Waals surface area contributed by atoms with Crippen molar-refractivity contribution in [3.05, 3.63) is 33.3 Å². The highest BCUT2D eigenvalue weighted by molar-refractivity contribution is 6.33. The summed E-state index contributed by atoms with van der Waals surface area (Å²) in [5.41, 5.74) is 0.395. The number of benzene rings is 1. The smallest absolute Gasteiger partial charge is 0.310 e. The Kier molecular flexibility index (Phi) is 5.17. The molecule has 1 aliphatic rings. The number of anilines is 1. The van der Waals surface area contributed by atoms with Gasteiger partial charge >= 0.3 is 5.69 Å². The van der Waals surface area contributed by atoms with Gasteiger partial charge in [0.2, 0.25) is 0 Å². The number of nitrogens with zero attached hydrogens (tertiary/aromatic N) is 2. The molecular weight excluding hydrogens is 282 g/mol. The SMILES string of the molecule is CC(CN1CCOCC1)Nc1cccc(Cl)c1[N+](=O)[O-]. The summed E-state index contributed by atoms with van der Waals surface area (Å²) in [4.78, 5) is 12.9. The predicted molar refractivity (Wildman–Crippen MR) is 78.5 cm³/mol. The molecule has 0 amide bonds. The number of nitro benzene ring substituents is 1. The van der Waals surface area contributed by atoms with Crippen LogP contribution in [0.5, 0.6) is 0 Å². The molecule has 110 valence electrons. The maximum atomic E-state index is 11.1. The topological polar surface area (TPSA) is 67.6 Å². The fraction of sp³-hybridized carbons (Fsp3) is 0.538. The lowest BCUT2D eigenvalue weighted by atomic mass is 10.2. The van der Waals surface area contributed by atoms with Gasteiger partial charge in [-0.25, -0.2) is 0 Å². The Morgan fingerprint density at radius 2 is 2.20 bits per heavy atom. The van der Waals surface area contributed by atoms with Gasteiger partial charge in [0.05, 0.1) is 18.1 Å². The van der Waals surface area contributed by atoms with E-state index < -0.39 is 4.92 Å². The van der Waals surface area contributed by atoms with E-state index in [0.29, 0.717) is 5.69 Å². The summed E-state index contributed by atoms with van der Waals surface area (Å²) in [5.74, 6) is 0. The fourth-order valence-electron chi connectivity index (χ4n) is 2.30. The van der Waals surface area contributed by atoms with E-state index in [2.05, 4.69) is 10.2 Å². The van der Waals surface area contributed by atoms with Crippen molar-refractivity contribution in [2.24, 2.45) is 0 Å². The molecule has 1 aliphatic heterocycles. The molecule has 0 saturated carbocycles. The summed E-state index contributed by atoms with van der Waals surface area (Å²) in [5, 5.41) is 14.4. The van der Waals surface area contributed by atoms with Crippen molar-refractivity contribution in [3.8, 4) is 0 Å². The van der Waals surface area contributed by atoms with Crippen LogP contribution in [0.4, 0.5) is 11.4 Å². The number of morpholine rings is 1. The Morgan fingerprint density at radius 3 is 2.85 bits per heavy atom. The summed E-state index contributed by atoms with van der Waals surface area (Å²) >= 11 is 5.89. The van der Waals surface area contributed by atoms with Crippen LogP contribution in [-0.4, -0.2) is 48.7 Å². The van der Waals surface area contributed by atoms with Crippen LogP contribution < -0.4 is 5.32 Å². The predicted octanol–water partition coefficient (Wildman–Crippen LogP) is 2.38. The average Bonchev–Trinajstić information content (AvgIpc) is 2.39. The molecule has 1 fully saturated rings. The van der Waals surface area contributed by atoms with Crippen molar-refractivity contribution in [2.75, 3.05) is 38.2 Å². The van der Waals surface area contributed by atoms with Gasteiger partial charge in [0, 0.05) is 25.7 Å². The van der Waals surface area contributed by atoms with E-state index in [4.69, 9.17) is 16.3 Å². The normalized spacial score (nSPS) is 17.7. The van der Waals surface area contributed by atoms with E-state index in [0.717, 1.165) is 32.8 Å². The third kappa shape index (κ3) is 3.82. The van der Waals surface area contributed by atoms with Crippen LogP contribution >= 0.6 is 11.6 Å². The highest BCUT2D eigenvalue weighted by atomic mass is 35.5. The lowest BCUT2D eigenvalue weighted by Crippen LogP contribution is -2.42. The Labute approximate surface area is 122 Å². The molecule has 1 heterocycles. The van der Waals surface area contributed by atoms with Gasteiger partial charge in [0.1, 0.15) is 10.7 Å². The van der Waals surface area contributed by atoms with Crippen molar-refractivity contribution < 1.29 is 9.66 Å². The first-order valence-corrected chi connectivity index (χ1v) is 6.95. The molecule has 0 radical (unpaired) electrons. The summed E-state index contributed by atoms with van der Waals surface area (Å²) in [6, 6.07) is 5.00. The Bertz CT molecular complexity index is 478. The van der Waals surface area contributed by atoms with Crippen LogP contribution in [-0.2, 0) is 4.74 Å². The molecule has 0 aliphatic carbocycles. The highest BCUT2D eigenvalue weighted by Gasteiger charge is 2.20. The largest absolute Gasteiger partial charge is 0.379 e. The zero-order chi connectivity index (χ0) is 14.5. The third-order valence-corrected chi connectivity index (χ3v) is 3.51. The number of para-hydroxylation sites is 1. The zero-order valence-corrected chi connectivity index (χ0v) is 12.1. The van der Waals surface area contributed by atoms with Crippen molar-refractivity contribution >= 4 is 23.0 Å². The van der Waals surface area contributed by atoms with E-state index >= 15 is 0 Å². The number of hydrogen-bond acceptors (Lipinski definition) is 5. The lowest BCUT2D eigenvalue weighted by molar-refractivity contribution is -0.383. The summed E-state index contributed by atoms with van der Waals surface area (Å²) in [6.45, 7) is 6.08. The highest BCUT2D eigenvalue weighted by Crippen LogP contribution is 2.32. The van der Waals surface area contributed by atoms with Crippen molar-refractivity contribution in [3.63, 3.8) is 0 Å². The first kappa shape index (κ1) is 15.0. The van der Waals surface area contributed by atoms with E-state index in [9.17, 15) is 10.1 Å². The number of nitro groups is 1. The van der Waals surface area contributed by atoms with Gasteiger partial charge in [-0.15, -0.1) is 0 Å². The summed E-state index contributed by atoms with van der Waals surface area (Å²) in [6.07, 6.45) is 0. The van der Waals surface area contributed by atoms with Gasteiger partial charge in [-0.2, -0.15) is 0 Å². The second-order valence-corrected chi connectivity index (χ2v) is 5.26. The molecule has 0 aromatic heterocycles. The zero-order valence-electron chi connectivity index (χ0n) is 11.3. The second kappa shape index (κ2) is 6.88. The van der Waals surface area contributed by atoms with E-state index in [-0.39, 0.29) is 16.8 Å². The Hall–Kier alpha value is -1.37. The Balaban J connectivity index is 2.01. The van der Waals surface area contributed by atoms with Gasteiger partial charge in [0.25, 0.3) is 0 Å². The van der Waals surface area contributed by atoms with Crippen LogP contribution in [0, 0.1) is 10.1 Å². The van der Waals surface area contributed by atoms with E-state index in [1.54, 1.807) is 12.1 Å². The van der Waals surface area contributed by atoms with Gasteiger partial charge < -0.3 is 10.1 Å².